The minimum atomic E-state index is -1.12. The lowest BCUT2D eigenvalue weighted by Crippen LogP contribution is -2.09. The molecule has 0 saturated carbocycles. The quantitative estimate of drug-likeness (QED) is 0.631. The third-order valence-corrected chi connectivity index (χ3v) is 2.83. The van der Waals surface area contributed by atoms with Crippen LogP contribution in [-0.2, 0) is 9.59 Å². The number of halogens is 3. The van der Waals surface area contributed by atoms with Gasteiger partial charge in [0.1, 0.15) is 11.5 Å². The average molecular weight is 375 g/mol. The SMILES string of the molecule is O=C(CF)Oc1ccc(Cl)cc1.O=C(O)COc1ccc(Cl)cc1. The highest BCUT2D eigenvalue weighted by Gasteiger charge is 2.02. The second kappa shape index (κ2) is 10.5. The maximum absolute atomic E-state index is 11.7. The molecular weight excluding hydrogens is 362 g/mol. The Morgan fingerprint density at radius 3 is 1.79 bits per heavy atom. The zero-order valence-corrected chi connectivity index (χ0v) is 13.8. The van der Waals surface area contributed by atoms with E-state index in [0.29, 0.717) is 21.5 Å². The van der Waals surface area contributed by atoms with Crippen molar-refractivity contribution in [3.05, 3.63) is 58.6 Å². The summed E-state index contributed by atoms with van der Waals surface area (Å²) in [5.41, 5.74) is 0. The van der Waals surface area contributed by atoms with Crippen LogP contribution in [0, 0.1) is 0 Å². The van der Waals surface area contributed by atoms with E-state index >= 15 is 0 Å². The highest BCUT2D eigenvalue weighted by molar-refractivity contribution is 6.30. The van der Waals surface area contributed by atoms with Crippen LogP contribution in [0.4, 0.5) is 4.39 Å². The predicted molar refractivity (Wildman–Crippen MR) is 87.6 cm³/mol. The number of esters is 1. The van der Waals surface area contributed by atoms with Crippen LogP contribution in [0.1, 0.15) is 0 Å². The number of aliphatic carboxylic acids is 1. The average Bonchev–Trinajstić information content (AvgIpc) is 2.57. The standard InChI is InChI=1S/C8H6ClFO2.C8H7ClO3/c9-6-1-3-7(4-2-6)12-8(11)5-10;9-6-1-3-7(4-2-6)12-5-8(10)11/h1-4H,5H2;1-4H,5H2,(H,10,11). The van der Waals surface area contributed by atoms with Crippen molar-refractivity contribution in [1.29, 1.82) is 0 Å². The fraction of sp³-hybridized carbons (Fsp3) is 0.125. The second-order valence-corrected chi connectivity index (χ2v) is 5.07. The number of rotatable bonds is 5. The molecular formula is C16H13Cl2FO5. The lowest BCUT2D eigenvalue weighted by atomic mass is 10.3. The van der Waals surface area contributed by atoms with E-state index in [1.54, 1.807) is 36.4 Å². The number of alkyl halides is 1. The smallest absolute Gasteiger partial charge is 0.342 e. The summed E-state index contributed by atoms with van der Waals surface area (Å²) in [5.74, 6) is -1.11. The molecule has 24 heavy (non-hydrogen) atoms. The Hall–Kier alpha value is -2.31. The fourth-order valence-corrected chi connectivity index (χ4v) is 1.59. The van der Waals surface area contributed by atoms with Crippen molar-refractivity contribution < 1.29 is 28.6 Å². The third kappa shape index (κ3) is 8.36. The molecule has 0 fully saturated rings. The molecule has 0 spiro atoms. The van der Waals surface area contributed by atoms with Crippen molar-refractivity contribution in [1.82, 2.24) is 0 Å². The summed E-state index contributed by atoms with van der Waals surface area (Å²) in [6, 6.07) is 12.6. The lowest BCUT2D eigenvalue weighted by Gasteiger charge is -2.01. The Kier molecular flexibility index (Phi) is 8.60. The van der Waals surface area contributed by atoms with Gasteiger partial charge in [-0.3, -0.25) is 0 Å². The predicted octanol–water partition coefficient (Wildman–Crippen LogP) is 4.02. The molecule has 0 aliphatic rings. The van der Waals surface area contributed by atoms with Gasteiger partial charge in [0.15, 0.2) is 13.3 Å². The van der Waals surface area contributed by atoms with Gasteiger partial charge in [-0.25, -0.2) is 14.0 Å². The Bertz CT molecular complexity index is 659. The Balaban J connectivity index is 0.000000240. The molecule has 0 atom stereocenters. The number of carboxylic acid groups (broad SMARTS) is 1. The van der Waals surface area contributed by atoms with E-state index in [9.17, 15) is 14.0 Å². The van der Waals surface area contributed by atoms with Crippen LogP contribution >= 0.6 is 23.2 Å². The first kappa shape index (κ1) is 19.7. The third-order valence-electron chi connectivity index (χ3n) is 2.33. The van der Waals surface area contributed by atoms with E-state index in [4.69, 9.17) is 33.0 Å². The van der Waals surface area contributed by atoms with Crippen LogP contribution in [0.3, 0.4) is 0 Å². The molecule has 0 bridgehead atoms. The minimum absolute atomic E-state index is 0.294. The Morgan fingerprint density at radius 2 is 1.38 bits per heavy atom. The van der Waals surface area contributed by atoms with Gasteiger partial charge in [-0.2, -0.15) is 0 Å². The number of carboxylic acids is 1. The molecule has 0 radical (unpaired) electrons. The van der Waals surface area contributed by atoms with Gasteiger partial charge in [0.2, 0.25) is 0 Å². The Morgan fingerprint density at radius 1 is 0.917 bits per heavy atom. The minimum Gasteiger partial charge on any atom is -0.482 e. The summed E-state index contributed by atoms with van der Waals surface area (Å²) in [5, 5.41) is 9.41. The van der Waals surface area contributed by atoms with Crippen LogP contribution < -0.4 is 9.47 Å². The zero-order valence-electron chi connectivity index (χ0n) is 12.2. The zero-order chi connectivity index (χ0) is 17.9. The summed E-state index contributed by atoms with van der Waals surface area (Å²) in [7, 11) is 0. The topological polar surface area (TPSA) is 72.8 Å². The lowest BCUT2D eigenvalue weighted by molar-refractivity contribution is -0.139. The molecule has 2 rings (SSSR count). The van der Waals surface area contributed by atoms with Gasteiger partial charge >= 0.3 is 11.9 Å². The molecule has 2 aromatic rings. The highest BCUT2D eigenvalue weighted by atomic mass is 35.5. The molecule has 0 amide bonds. The summed E-state index contributed by atoms with van der Waals surface area (Å²) in [6.07, 6.45) is 0. The first-order valence-corrected chi connectivity index (χ1v) is 7.28. The van der Waals surface area contributed by atoms with Gasteiger partial charge in [-0.15, -0.1) is 0 Å². The molecule has 1 N–H and O–H groups in total. The fourth-order valence-electron chi connectivity index (χ4n) is 1.34. The van der Waals surface area contributed by atoms with E-state index < -0.39 is 18.6 Å². The molecule has 0 aromatic heterocycles. The molecule has 0 aliphatic carbocycles. The molecule has 128 valence electrons. The molecule has 2 aromatic carbocycles. The van der Waals surface area contributed by atoms with E-state index in [2.05, 4.69) is 4.74 Å². The summed E-state index contributed by atoms with van der Waals surface area (Å²) < 4.78 is 21.1. The molecule has 0 aliphatic heterocycles. The number of carbonyl (C=O) groups is 2. The van der Waals surface area contributed by atoms with Crippen molar-refractivity contribution >= 4 is 35.1 Å². The Labute approximate surface area is 147 Å². The van der Waals surface area contributed by atoms with Gasteiger partial charge < -0.3 is 14.6 Å². The molecule has 8 heteroatoms. The first-order valence-electron chi connectivity index (χ1n) is 6.53. The van der Waals surface area contributed by atoms with Crippen molar-refractivity contribution in [2.45, 2.75) is 0 Å². The second-order valence-electron chi connectivity index (χ2n) is 4.20. The van der Waals surface area contributed by atoms with Crippen LogP contribution in [-0.4, -0.2) is 30.3 Å². The maximum atomic E-state index is 11.7. The van der Waals surface area contributed by atoms with Gasteiger partial charge in [-0.05, 0) is 48.5 Å². The van der Waals surface area contributed by atoms with E-state index in [1.165, 1.54) is 12.1 Å². The van der Waals surface area contributed by atoms with Crippen molar-refractivity contribution in [3.8, 4) is 11.5 Å². The number of ether oxygens (including phenoxy) is 2. The van der Waals surface area contributed by atoms with Gasteiger partial charge in [0.05, 0.1) is 0 Å². The number of benzene rings is 2. The number of carbonyl (C=O) groups excluding carboxylic acids is 1. The van der Waals surface area contributed by atoms with Crippen LogP contribution in [0.5, 0.6) is 11.5 Å². The molecule has 0 unspecified atom stereocenters. The largest absolute Gasteiger partial charge is 0.482 e. The highest BCUT2D eigenvalue weighted by Crippen LogP contribution is 2.16. The van der Waals surface area contributed by atoms with E-state index in [0.717, 1.165) is 0 Å². The van der Waals surface area contributed by atoms with Crippen molar-refractivity contribution in [3.63, 3.8) is 0 Å². The van der Waals surface area contributed by atoms with Crippen molar-refractivity contribution in [2.75, 3.05) is 13.3 Å². The summed E-state index contributed by atoms with van der Waals surface area (Å²) in [4.78, 5) is 20.5. The normalized spacial score (nSPS) is 9.46. The molecule has 0 saturated heterocycles. The van der Waals surface area contributed by atoms with Crippen LogP contribution in [0.25, 0.3) is 0 Å². The van der Waals surface area contributed by atoms with Gasteiger partial charge in [-0.1, -0.05) is 23.2 Å². The van der Waals surface area contributed by atoms with E-state index in [1.807, 2.05) is 0 Å². The van der Waals surface area contributed by atoms with Gasteiger partial charge in [0, 0.05) is 10.0 Å². The molecule has 5 nitrogen and oxygen atoms in total. The number of hydrogen-bond donors (Lipinski definition) is 1. The summed E-state index contributed by atoms with van der Waals surface area (Å²) in [6.45, 7) is -1.45. The van der Waals surface area contributed by atoms with Crippen LogP contribution in [0.15, 0.2) is 48.5 Å². The first-order chi connectivity index (χ1) is 11.4. The maximum Gasteiger partial charge on any atom is 0.342 e. The van der Waals surface area contributed by atoms with Crippen LogP contribution in [0.2, 0.25) is 10.0 Å². The van der Waals surface area contributed by atoms with Crippen molar-refractivity contribution in [2.24, 2.45) is 0 Å². The molecule has 0 heterocycles. The summed E-state index contributed by atoms with van der Waals surface area (Å²) >= 11 is 11.2. The van der Waals surface area contributed by atoms with E-state index in [-0.39, 0.29) is 6.61 Å². The monoisotopic (exact) mass is 374 g/mol. The van der Waals surface area contributed by atoms with Gasteiger partial charge in [0.25, 0.3) is 0 Å². The number of hydrogen-bond acceptors (Lipinski definition) is 4.